The summed E-state index contributed by atoms with van der Waals surface area (Å²) in [7, 11) is 0. The molecule has 1 aromatic heterocycles. The minimum Gasteiger partial charge on any atom is -0.363 e. The maximum atomic E-state index is 13.1. The van der Waals surface area contributed by atoms with Crippen molar-refractivity contribution in [2.75, 3.05) is 13.1 Å². The molecule has 0 radical (unpaired) electrons. The van der Waals surface area contributed by atoms with Crippen LogP contribution in [0.15, 0.2) is 16.0 Å². The lowest BCUT2D eigenvalue weighted by Gasteiger charge is -2.13. The van der Waals surface area contributed by atoms with Crippen LogP contribution >= 0.6 is 0 Å². The van der Waals surface area contributed by atoms with Crippen LogP contribution in [0.4, 0.5) is 10.2 Å². The molecule has 1 rings (SSSR count). The monoisotopic (exact) mass is 212 g/mol. The molecular formula is C9H13FN4O. The van der Waals surface area contributed by atoms with Gasteiger partial charge >= 0.3 is 5.69 Å². The van der Waals surface area contributed by atoms with Crippen LogP contribution in [0, 0.1) is 5.82 Å². The first-order valence-electron chi connectivity index (χ1n) is 4.70. The largest absolute Gasteiger partial charge is 0.363 e. The number of rotatable bonds is 4. The Kier molecular flexibility index (Phi) is 3.96. The van der Waals surface area contributed by atoms with Crippen molar-refractivity contribution in [2.24, 2.45) is 4.99 Å². The molecular weight excluding hydrogens is 199 g/mol. The van der Waals surface area contributed by atoms with Gasteiger partial charge in [-0.1, -0.05) is 0 Å². The predicted molar refractivity (Wildman–Crippen MR) is 55.9 cm³/mol. The van der Waals surface area contributed by atoms with Crippen molar-refractivity contribution in [3.05, 3.63) is 22.5 Å². The summed E-state index contributed by atoms with van der Waals surface area (Å²) in [6, 6.07) is 0. The predicted octanol–water partition coefficient (Wildman–Crippen LogP) is 0.911. The fraction of sp³-hybridized carbons (Fsp3) is 0.444. The number of halogens is 1. The van der Waals surface area contributed by atoms with Crippen LogP contribution in [0.5, 0.6) is 0 Å². The molecule has 1 aromatic rings. The smallest absolute Gasteiger partial charge is 0.346 e. The zero-order chi connectivity index (χ0) is 11.3. The van der Waals surface area contributed by atoms with Crippen LogP contribution < -0.4 is 5.69 Å². The van der Waals surface area contributed by atoms with E-state index in [2.05, 4.69) is 15.0 Å². The maximum absolute atomic E-state index is 13.1. The Labute approximate surface area is 86.7 Å². The average molecular weight is 212 g/mol. The highest BCUT2D eigenvalue weighted by Gasteiger charge is 2.01. The molecule has 0 aromatic carbocycles. The lowest BCUT2D eigenvalue weighted by Crippen LogP contribution is -2.20. The standard InChI is InChI=1S/C9H13FN4O/c1-3-14(4-2)6-12-8-7(10)5-11-9(15)13-8/h5-6H,3-4H2,1-2H3,(H,11,13,15)/b12-6+. The molecule has 82 valence electrons. The summed E-state index contributed by atoms with van der Waals surface area (Å²) in [5.41, 5.74) is -0.608. The summed E-state index contributed by atoms with van der Waals surface area (Å²) in [6.07, 6.45) is 2.35. The Morgan fingerprint density at radius 2 is 2.27 bits per heavy atom. The Morgan fingerprint density at radius 1 is 1.60 bits per heavy atom. The van der Waals surface area contributed by atoms with E-state index in [0.717, 1.165) is 19.3 Å². The highest BCUT2D eigenvalue weighted by atomic mass is 19.1. The summed E-state index contributed by atoms with van der Waals surface area (Å²) >= 11 is 0. The SMILES string of the molecule is CCN(/C=N/c1[nH]c(=O)ncc1F)CC. The fourth-order valence-corrected chi connectivity index (χ4v) is 0.990. The summed E-state index contributed by atoms with van der Waals surface area (Å²) in [5.74, 6) is -0.736. The molecule has 0 fully saturated rings. The Balaban J connectivity index is 2.88. The quantitative estimate of drug-likeness (QED) is 0.596. The van der Waals surface area contributed by atoms with Gasteiger partial charge in [0.2, 0.25) is 0 Å². The lowest BCUT2D eigenvalue weighted by atomic mass is 10.5. The summed E-state index contributed by atoms with van der Waals surface area (Å²) in [5, 5.41) is 0. The molecule has 0 unspecified atom stereocenters. The van der Waals surface area contributed by atoms with Crippen molar-refractivity contribution in [1.29, 1.82) is 0 Å². The van der Waals surface area contributed by atoms with Gasteiger partial charge in [-0.2, -0.15) is 4.98 Å². The van der Waals surface area contributed by atoms with Crippen LogP contribution in [0.2, 0.25) is 0 Å². The third-order valence-electron chi connectivity index (χ3n) is 1.91. The van der Waals surface area contributed by atoms with E-state index >= 15 is 0 Å². The van der Waals surface area contributed by atoms with Crippen LogP contribution in [-0.4, -0.2) is 34.3 Å². The topological polar surface area (TPSA) is 61.4 Å². The van der Waals surface area contributed by atoms with Crippen LogP contribution in [0.1, 0.15) is 13.8 Å². The molecule has 0 amide bonds. The van der Waals surface area contributed by atoms with E-state index in [0.29, 0.717) is 0 Å². The van der Waals surface area contributed by atoms with Gasteiger partial charge in [0.25, 0.3) is 0 Å². The molecule has 0 spiro atoms. The van der Waals surface area contributed by atoms with Gasteiger partial charge < -0.3 is 4.90 Å². The van der Waals surface area contributed by atoms with E-state index in [-0.39, 0.29) is 5.82 Å². The summed E-state index contributed by atoms with van der Waals surface area (Å²) < 4.78 is 13.1. The van der Waals surface area contributed by atoms with Gasteiger partial charge in [-0.15, -0.1) is 0 Å². The van der Waals surface area contributed by atoms with Gasteiger partial charge in [-0.05, 0) is 13.8 Å². The zero-order valence-corrected chi connectivity index (χ0v) is 8.70. The molecule has 1 N–H and O–H groups in total. The number of hydrogen-bond acceptors (Lipinski definition) is 3. The minimum absolute atomic E-state index is 0.0955. The molecule has 0 aliphatic carbocycles. The molecule has 0 saturated carbocycles. The number of H-pyrrole nitrogens is 1. The van der Waals surface area contributed by atoms with E-state index in [1.807, 2.05) is 18.7 Å². The number of aromatic nitrogens is 2. The molecule has 0 aliphatic heterocycles. The number of aliphatic imine (C=N–C) groups is 1. The van der Waals surface area contributed by atoms with Gasteiger partial charge in [0.1, 0.15) is 0 Å². The molecule has 0 atom stereocenters. The van der Waals surface area contributed by atoms with Crippen molar-refractivity contribution in [3.63, 3.8) is 0 Å². The van der Waals surface area contributed by atoms with Gasteiger partial charge in [0, 0.05) is 13.1 Å². The highest BCUT2D eigenvalue weighted by Crippen LogP contribution is 2.08. The van der Waals surface area contributed by atoms with Crippen LogP contribution in [0.3, 0.4) is 0 Å². The number of nitrogens with zero attached hydrogens (tertiary/aromatic N) is 3. The van der Waals surface area contributed by atoms with Gasteiger partial charge in [-0.25, -0.2) is 14.2 Å². The molecule has 5 nitrogen and oxygen atoms in total. The van der Waals surface area contributed by atoms with Crippen LogP contribution in [0.25, 0.3) is 0 Å². The second-order valence-corrected chi connectivity index (χ2v) is 2.85. The lowest BCUT2D eigenvalue weighted by molar-refractivity contribution is 0.479. The molecule has 6 heteroatoms. The van der Waals surface area contributed by atoms with Gasteiger partial charge in [0.15, 0.2) is 11.6 Å². The number of nitrogens with one attached hydrogen (secondary N) is 1. The third-order valence-corrected chi connectivity index (χ3v) is 1.91. The first-order valence-corrected chi connectivity index (χ1v) is 4.70. The summed E-state index contributed by atoms with van der Waals surface area (Å²) in [6.45, 7) is 5.47. The molecule has 15 heavy (non-hydrogen) atoms. The normalized spacial score (nSPS) is 10.9. The minimum atomic E-state index is -0.641. The molecule has 1 heterocycles. The second kappa shape index (κ2) is 5.23. The van der Waals surface area contributed by atoms with E-state index in [4.69, 9.17) is 0 Å². The van der Waals surface area contributed by atoms with Crippen molar-refractivity contribution in [2.45, 2.75) is 13.8 Å². The summed E-state index contributed by atoms with van der Waals surface area (Å²) in [4.78, 5) is 22.0. The first-order chi connectivity index (χ1) is 7.17. The zero-order valence-electron chi connectivity index (χ0n) is 8.70. The van der Waals surface area contributed by atoms with Crippen molar-refractivity contribution in [3.8, 4) is 0 Å². The fourth-order valence-electron chi connectivity index (χ4n) is 0.990. The van der Waals surface area contributed by atoms with Crippen molar-refractivity contribution >= 4 is 12.2 Å². The molecule has 0 bridgehead atoms. The van der Waals surface area contributed by atoms with Crippen molar-refractivity contribution in [1.82, 2.24) is 14.9 Å². The van der Waals surface area contributed by atoms with E-state index in [9.17, 15) is 9.18 Å². The van der Waals surface area contributed by atoms with Gasteiger partial charge in [0.05, 0.1) is 12.5 Å². The molecule has 0 saturated heterocycles. The van der Waals surface area contributed by atoms with E-state index in [1.54, 1.807) is 0 Å². The van der Waals surface area contributed by atoms with Crippen LogP contribution in [-0.2, 0) is 0 Å². The second-order valence-electron chi connectivity index (χ2n) is 2.85. The Hall–Kier alpha value is -1.72. The van der Waals surface area contributed by atoms with Gasteiger partial charge in [-0.3, -0.25) is 4.98 Å². The Morgan fingerprint density at radius 3 is 2.87 bits per heavy atom. The first kappa shape index (κ1) is 11.4. The average Bonchev–Trinajstić information content (AvgIpc) is 2.24. The van der Waals surface area contributed by atoms with E-state index < -0.39 is 11.5 Å². The Bertz CT molecular complexity index is 397. The van der Waals surface area contributed by atoms with Crippen molar-refractivity contribution < 1.29 is 4.39 Å². The highest BCUT2D eigenvalue weighted by molar-refractivity contribution is 5.59. The number of hydrogen-bond donors (Lipinski definition) is 1. The third kappa shape index (κ3) is 3.16. The number of aromatic amines is 1. The molecule has 0 aliphatic rings. The van der Waals surface area contributed by atoms with E-state index in [1.165, 1.54) is 6.34 Å². The maximum Gasteiger partial charge on any atom is 0.346 e.